The van der Waals surface area contributed by atoms with Crippen LogP contribution in [0, 0.1) is 0 Å². The maximum absolute atomic E-state index is 12.0. The number of benzene rings is 2. The van der Waals surface area contributed by atoms with Gasteiger partial charge in [0, 0.05) is 4.47 Å². The van der Waals surface area contributed by atoms with E-state index in [4.69, 9.17) is 17.0 Å². The number of carbonyl (C=O) groups excluding carboxylic acids is 1. The average Bonchev–Trinajstić information content (AvgIpc) is 2.55. The summed E-state index contributed by atoms with van der Waals surface area (Å²) in [6.45, 7) is 6.05. The van der Waals surface area contributed by atoms with E-state index < -0.39 is 5.91 Å². The molecule has 5 nitrogen and oxygen atoms in total. The Balaban J connectivity index is 1.91. The van der Waals surface area contributed by atoms with Crippen molar-refractivity contribution in [2.45, 2.75) is 26.2 Å². The molecule has 2 aromatic rings. The lowest BCUT2D eigenvalue weighted by molar-refractivity contribution is -0.121. The van der Waals surface area contributed by atoms with Gasteiger partial charge in [-0.15, -0.1) is 0 Å². The largest absolute Gasteiger partial charge is 0.506 e. The Morgan fingerprint density at radius 1 is 1.19 bits per heavy atom. The van der Waals surface area contributed by atoms with Gasteiger partial charge in [-0.3, -0.25) is 10.1 Å². The Bertz CT molecular complexity index is 801. The molecule has 0 radical (unpaired) electrons. The number of ether oxygens (including phenoxy) is 1. The predicted molar refractivity (Wildman–Crippen MR) is 111 cm³/mol. The number of amides is 1. The van der Waals surface area contributed by atoms with Crippen molar-refractivity contribution in [3.63, 3.8) is 0 Å². The molecule has 2 rings (SSSR count). The lowest BCUT2D eigenvalue weighted by Crippen LogP contribution is -2.37. The highest BCUT2D eigenvalue weighted by molar-refractivity contribution is 9.10. The number of phenolic OH excluding ortho intramolecular Hbond substituents is 1. The number of aromatic hydroxyl groups is 1. The quantitative estimate of drug-likeness (QED) is 0.490. The standard InChI is InChI=1S/C19H21BrN2O3S/c1-19(2,3)12-4-9-16(23)15(10-12)21-18(26)22-17(24)11-25-14-7-5-13(20)6-8-14/h4-10,23H,11H2,1-3H3,(H2,21,22,24,26). The summed E-state index contributed by atoms with van der Waals surface area (Å²) in [7, 11) is 0. The maximum atomic E-state index is 12.0. The molecule has 0 heterocycles. The summed E-state index contributed by atoms with van der Waals surface area (Å²) in [6, 6.07) is 12.4. The van der Waals surface area contributed by atoms with Crippen LogP contribution in [0.3, 0.4) is 0 Å². The van der Waals surface area contributed by atoms with Gasteiger partial charge in [0.1, 0.15) is 11.5 Å². The molecule has 0 atom stereocenters. The lowest BCUT2D eigenvalue weighted by Gasteiger charge is -2.21. The molecular weight excluding hydrogens is 416 g/mol. The second-order valence-corrected chi connectivity index (χ2v) is 8.05. The van der Waals surface area contributed by atoms with Crippen molar-refractivity contribution in [3.05, 3.63) is 52.5 Å². The van der Waals surface area contributed by atoms with E-state index in [1.807, 2.05) is 24.3 Å². The molecular formula is C19H21BrN2O3S. The third-order valence-corrected chi connectivity index (χ3v) is 4.28. The molecule has 0 unspecified atom stereocenters. The minimum absolute atomic E-state index is 0.0562. The molecule has 0 fully saturated rings. The van der Waals surface area contributed by atoms with Gasteiger partial charge in [-0.2, -0.15) is 0 Å². The molecule has 0 aliphatic heterocycles. The summed E-state index contributed by atoms with van der Waals surface area (Å²) in [5, 5.41) is 15.5. The van der Waals surface area contributed by atoms with Crippen LogP contribution in [0.5, 0.6) is 11.5 Å². The van der Waals surface area contributed by atoms with Crippen molar-refractivity contribution in [2.24, 2.45) is 0 Å². The zero-order valence-corrected chi connectivity index (χ0v) is 17.2. The minimum atomic E-state index is -0.392. The maximum Gasteiger partial charge on any atom is 0.264 e. The van der Waals surface area contributed by atoms with Gasteiger partial charge in [0.05, 0.1) is 5.69 Å². The molecule has 0 aliphatic rings. The first-order valence-corrected chi connectivity index (χ1v) is 9.18. The smallest absolute Gasteiger partial charge is 0.264 e. The van der Waals surface area contributed by atoms with Gasteiger partial charge < -0.3 is 15.2 Å². The molecule has 26 heavy (non-hydrogen) atoms. The van der Waals surface area contributed by atoms with Gasteiger partial charge in [-0.05, 0) is 59.6 Å². The molecule has 3 N–H and O–H groups in total. The zero-order chi connectivity index (χ0) is 19.3. The molecule has 0 spiro atoms. The number of rotatable bonds is 4. The number of thiocarbonyl (C=S) groups is 1. The molecule has 0 saturated carbocycles. The summed E-state index contributed by atoms with van der Waals surface area (Å²) < 4.78 is 6.32. The summed E-state index contributed by atoms with van der Waals surface area (Å²) in [4.78, 5) is 12.0. The summed E-state index contributed by atoms with van der Waals surface area (Å²) in [5.41, 5.74) is 1.40. The van der Waals surface area contributed by atoms with Crippen LogP contribution in [0.1, 0.15) is 26.3 Å². The Kier molecular flexibility index (Phi) is 6.61. The van der Waals surface area contributed by atoms with Gasteiger partial charge in [0.25, 0.3) is 5.91 Å². The summed E-state index contributed by atoms with van der Waals surface area (Å²) in [6.07, 6.45) is 0. The first-order chi connectivity index (χ1) is 12.1. The van der Waals surface area contributed by atoms with Crippen molar-refractivity contribution in [1.29, 1.82) is 0 Å². The van der Waals surface area contributed by atoms with Crippen LogP contribution < -0.4 is 15.4 Å². The first-order valence-electron chi connectivity index (χ1n) is 7.98. The molecule has 138 valence electrons. The Morgan fingerprint density at radius 3 is 2.46 bits per heavy atom. The first kappa shape index (κ1) is 20.2. The van der Waals surface area contributed by atoms with Crippen molar-refractivity contribution in [2.75, 3.05) is 11.9 Å². The van der Waals surface area contributed by atoms with Gasteiger partial charge in [0.2, 0.25) is 0 Å². The van der Waals surface area contributed by atoms with Gasteiger partial charge >= 0.3 is 0 Å². The van der Waals surface area contributed by atoms with Gasteiger partial charge in [0.15, 0.2) is 11.7 Å². The van der Waals surface area contributed by atoms with Crippen LogP contribution >= 0.6 is 28.1 Å². The molecule has 2 aromatic carbocycles. The van der Waals surface area contributed by atoms with Crippen LogP contribution in [0.4, 0.5) is 5.69 Å². The number of hydrogen-bond donors (Lipinski definition) is 3. The SMILES string of the molecule is CC(C)(C)c1ccc(O)c(NC(=S)NC(=O)COc2ccc(Br)cc2)c1. The highest BCUT2D eigenvalue weighted by atomic mass is 79.9. The second kappa shape index (κ2) is 8.51. The lowest BCUT2D eigenvalue weighted by atomic mass is 9.87. The van der Waals surface area contributed by atoms with Crippen molar-refractivity contribution >= 4 is 44.9 Å². The normalized spacial score (nSPS) is 10.9. The van der Waals surface area contributed by atoms with Gasteiger partial charge in [-0.1, -0.05) is 42.8 Å². The fraction of sp³-hybridized carbons (Fsp3) is 0.263. The van der Waals surface area contributed by atoms with Crippen LogP contribution in [0.2, 0.25) is 0 Å². The van der Waals surface area contributed by atoms with Crippen LogP contribution in [0.15, 0.2) is 46.9 Å². The van der Waals surface area contributed by atoms with E-state index in [0.29, 0.717) is 11.4 Å². The monoisotopic (exact) mass is 436 g/mol. The Labute approximate surface area is 166 Å². The van der Waals surface area contributed by atoms with E-state index in [1.165, 1.54) is 0 Å². The van der Waals surface area contributed by atoms with Crippen LogP contribution in [-0.4, -0.2) is 22.7 Å². The predicted octanol–water partition coefficient (Wildman–Crippen LogP) is 4.34. The highest BCUT2D eigenvalue weighted by Crippen LogP contribution is 2.30. The summed E-state index contributed by atoms with van der Waals surface area (Å²) in [5.74, 6) is 0.246. The van der Waals surface area contributed by atoms with Gasteiger partial charge in [-0.25, -0.2) is 0 Å². The van der Waals surface area contributed by atoms with E-state index in [-0.39, 0.29) is 22.9 Å². The van der Waals surface area contributed by atoms with E-state index in [2.05, 4.69) is 47.3 Å². The third kappa shape index (κ3) is 6.00. The Hall–Kier alpha value is -2.12. The zero-order valence-electron chi connectivity index (χ0n) is 14.8. The number of halogens is 1. The van der Waals surface area contributed by atoms with E-state index in [1.54, 1.807) is 18.2 Å². The molecule has 0 aliphatic carbocycles. The third-order valence-electron chi connectivity index (χ3n) is 3.55. The fourth-order valence-electron chi connectivity index (χ4n) is 2.10. The second-order valence-electron chi connectivity index (χ2n) is 6.73. The van der Waals surface area contributed by atoms with Crippen molar-refractivity contribution < 1.29 is 14.6 Å². The molecule has 0 bridgehead atoms. The van der Waals surface area contributed by atoms with E-state index in [9.17, 15) is 9.90 Å². The van der Waals surface area contributed by atoms with Crippen LogP contribution in [0.25, 0.3) is 0 Å². The van der Waals surface area contributed by atoms with Crippen LogP contribution in [-0.2, 0) is 10.2 Å². The van der Waals surface area contributed by atoms with E-state index >= 15 is 0 Å². The van der Waals surface area contributed by atoms with Crippen molar-refractivity contribution in [1.82, 2.24) is 5.32 Å². The number of nitrogens with one attached hydrogen (secondary N) is 2. The Morgan fingerprint density at radius 2 is 1.85 bits per heavy atom. The van der Waals surface area contributed by atoms with E-state index in [0.717, 1.165) is 10.0 Å². The molecule has 1 amide bonds. The summed E-state index contributed by atoms with van der Waals surface area (Å²) >= 11 is 8.47. The molecule has 0 aromatic heterocycles. The fourth-order valence-corrected chi connectivity index (χ4v) is 2.59. The number of carbonyl (C=O) groups is 1. The number of anilines is 1. The topological polar surface area (TPSA) is 70.6 Å². The average molecular weight is 437 g/mol. The highest BCUT2D eigenvalue weighted by Gasteiger charge is 2.16. The number of phenols is 1. The van der Waals surface area contributed by atoms with Crippen molar-refractivity contribution in [3.8, 4) is 11.5 Å². The number of hydrogen-bond acceptors (Lipinski definition) is 4. The molecule has 7 heteroatoms. The molecule has 0 saturated heterocycles. The minimum Gasteiger partial charge on any atom is -0.506 e.